The average molecular weight is 371 g/mol. The molecule has 27 heavy (non-hydrogen) atoms. The van der Waals surface area contributed by atoms with Gasteiger partial charge in [-0.15, -0.1) is 0 Å². The lowest BCUT2D eigenvalue weighted by Gasteiger charge is -2.36. The molecule has 0 unspecified atom stereocenters. The Balaban J connectivity index is 1.66. The fourth-order valence-electron chi connectivity index (χ4n) is 3.07. The van der Waals surface area contributed by atoms with Crippen molar-refractivity contribution in [3.8, 4) is 0 Å². The lowest BCUT2D eigenvalue weighted by Crippen LogP contribution is -2.49. The molecule has 0 bridgehead atoms. The number of amides is 1. The molecule has 1 saturated heterocycles. The van der Waals surface area contributed by atoms with Crippen LogP contribution in [0.15, 0.2) is 30.3 Å². The zero-order chi connectivity index (χ0) is 19.4. The number of hydrogen-bond donors (Lipinski definition) is 1. The lowest BCUT2D eigenvalue weighted by atomic mass is 10.2. The second-order valence-corrected chi connectivity index (χ2v) is 7.22. The molecule has 2 heterocycles. The van der Waals surface area contributed by atoms with Crippen molar-refractivity contribution in [3.05, 3.63) is 47.5 Å². The first kappa shape index (κ1) is 19.1. The summed E-state index contributed by atoms with van der Waals surface area (Å²) in [5.41, 5.74) is 1.74. The molecule has 1 aliphatic heterocycles. The smallest absolute Gasteiger partial charge is 0.272 e. The minimum absolute atomic E-state index is 0.110. The Bertz CT molecular complexity index is 803. The van der Waals surface area contributed by atoms with Crippen LogP contribution in [0.3, 0.4) is 0 Å². The minimum atomic E-state index is -0.232. The van der Waals surface area contributed by atoms with Crippen LogP contribution in [-0.4, -0.2) is 53.5 Å². The Morgan fingerprint density at radius 3 is 2.56 bits per heavy atom. The third kappa shape index (κ3) is 4.72. The monoisotopic (exact) mass is 371 g/mol. The Kier molecular flexibility index (Phi) is 5.88. The summed E-state index contributed by atoms with van der Waals surface area (Å²) in [5, 5.41) is 3.18. The molecule has 1 aromatic heterocycles. The number of carbonyl (C=O) groups excluding carboxylic acids is 1. The molecular weight excluding hydrogens is 345 g/mol. The highest BCUT2D eigenvalue weighted by atomic mass is 19.1. The number of piperazine rings is 1. The molecule has 2 aromatic rings. The molecule has 0 spiro atoms. The maximum Gasteiger partial charge on any atom is 0.272 e. The first-order valence-electron chi connectivity index (χ1n) is 9.32. The van der Waals surface area contributed by atoms with Crippen molar-refractivity contribution in [1.82, 2.24) is 14.9 Å². The van der Waals surface area contributed by atoms with Gasteiger partial charge in [0.2, 0.25) is 5.95 Å². The van der Waals surface area contributed by atoms with Crippen molar-refractivity contribution in [3.63, 3.8) is 0 Å². The molecule has 0 saturated carbocycles. The summed E-state index contributed by atoms with van der Waals surface area (Å²) in [6.07, 6.45) is 0. The first-order valence-corrected chi connectivity index (χ1v) is 9.32. The van der Waals surface area contributed by atoms with Gasteiger partial charge < -0.3 is 15.1 Å². The maximum absolute atomic E-state index is 14.0. The van der Waals surface area contributed by atoms with Crippen molar-refractivity contribution < 1.29 is 9.18 Å². The van der Waals surface area contributed by atoms with E-state index in [2.05, 4.69) is 29.1 Å². The number of aryl methyl sites for hydroxylation is 1. The van der Waals surface area contributed by atoms with Gasteiger partial charge in [-0.2, -0.15) is 0 Å². The van der Waals surface area contributed by atoms with Crippen molar-refractivity contribution in [1.29, 1.82) is 0 Å². The summed E-state index contributed by atoms with van der Waals surface area (Å²) in [6.45, 7) is 9.06. The molecule has 1 amide bonds. The van der Waals surface area contributed by atoms with E-state index in [0.717, 1.165) is 12.2 Å². The van der Waals surface area contributed by atoms with Crippen LogP contribution in [0.5, 0.6) is 0 Å². The molecule has 1 aliphatic rings. The number of carbonyl (C=O) groups is 1. The highest BCUT2D eigenvalue weighted by Gasteiger charge is 2.24. The fraction of sp³-hybridized carbons (Fsp3) is 0.450. The standard InChI is InChI=1S/C20H26FN5O/c1-14(2)13-22-20-23-15(3)12-17(24-20)19(27)26-10-8-25(9-11-26)18-7-5-4-6-16(18)21/h4-7,12,14H,8-11,13H2,1-3H3,(H,22,23,24). The van der Waals surface area contributed by atoms with Crippen molar-refractivity contribution in [2.24, 2.45) is 5.92 Å². The molecule has 144 valence electrons. The number of benzene rings is 1. The van der Waals surface area contributed by atoms with Crippen molar-refractivity contribution >= 4 is 17.5 Å². The zero-order valence-electron chi connectivity index (χ0n) is 16.1. The predicted octanol–water partition coefficient (Wildman–Crippen LogP) is 2.95. The normalized spacial score (nSPS) is 14.6. The van der Waals surface area contributed by atoms with E-state index in [9.17, 15) is 9.18 Å². The average Bonchev–Trinajstić information content (AvgIpc) is 2.66. The quantitative estimate of drug-likeness (QED) is 0.876. The zero-order valence-corrected chi connectivity index (χ0v) is 16.1. The van der Waals surface area contributed by atoms with E-state index in [1.54, 1.807) is 23.1 Å². The molecule has 7 heteroatoms. The molecule has 3 rings (SSSR count). The SMILES string of the molecule is Cc1cc(C(=O)N2CCN(c3ccccc3F)CC2)nc(NCC(C)C)n1. The van der Waals surface area contributed by atoms with E-state index in [-0.39, 0.29) is 11.7 Å². The molecule has 0 aliphatic carbocycles. The van der Waals surface area contributed by atoms with Crippen LogP contribution in [0.25, 0.3) is 0 Å². The second-order valence-electron chi connectivity index (χ2n) is 7.22. The van der Waals surface area contributed by atoms with E-state index in [1.807, 2.05) is 17.9 Å². The number of halogens is 1. The second kappa shape index (κ2) is 8.33. The van der Waals surface area contributed by atoms with Crippen LogP contribution in [-0.2, 0) is 0 Å². The number of nitrogens with one attached hydrogen (secondary N) is 1. The maximum atomic E-state index is 14.0. The number of rotatable bonds is 5. The Labute approximate surface area is 159 Å². The number of para-hydroxylation sites is 1. The van der Waals surface area contributed by atoms with E-state index in [4.69, 9.17) is 0 Å². The number of anilines is 2. The third-order valence-corrected chi connectivity index (χ3v) is 4.50. The van der Waals surface area contributed by atoms with Crippen LogP contribution in [0.4, 0.5) is 16.0 Å². The van der Waals surface area contributed by atoms with Gasteiger partial charge in [-0.3, -0.25) is 4.79 Å². The summed E-state index contributed by atoms with van der Waals surface area (Å²) in [5.74, 6) is 0.600. The summed E-state index contributed by atoms with van der Waals surface area (Å²) < 4.78 is 14.0. The first-order chi connectivity index (χ1) is 12.9. The van der Waals surface area contributed by atoms with Gasteiger partial charge in [-0.05, 0) is 31.0 Å². The van der Waals surface area contributed by atoms with Crippen LogP contribution in [0.1, 0.15) is 30.0 Å². The van der Waals surface area contributed by atoms with Gasteiger partial charge in [0.25, 0.3) is 5.91 Å². The third-order valence-electron chi connectivity index (χ3n) is 4.50. The molecule has 1 N–H and O–H groups in total. The largest absolute Gasteiger partial charge is 0.366 e. The summed E-state index contributed by atoms with van der Waals surface area (Å²) in [6, 6.07) is 8.45. The van der Waals surface area contributed by atoms with Gasteiger partial charge in [0.05, 0.1) is 5.69 Å². The molecule has 0 radical (unpaired) electrons. The van der Waals surface area contributed by atoms with Gasteiger partial charge in [-0.1, -0.05) is 26.0 Å². The summed E-state index contributed by atoms with van der Waals surface area (Å²) in [7, 11) is 0. The number of aromatic nitrogens is 2. The highest BCUT2D eigenvalue weighted by Crippen LogP contribution is 2.20. The van der Waals surface area contributed by atoms with E-state index in [1.165, 1.54) is 6.07 Å². The number of hydrogen-bond acceptors (Lipinski definition) is 5. The topological polar surface area (TPSA) is 61.4 Å². The molecule has 6 nitrogen and oxygen atoms in total. The summed E-state index contributed by atoms with van der Waals surface area (Å²) in [4.78, 5) is 25.3. The van der Waals surface area contributed by atoms with Gasteiger partial charge in [0, 0.05) is 38.4 Å². The summed E-state index contributed by atoms with van der Waals surface area (Å²) >= 11 is 0. The highest BCUT2D eigenvalue weighted by molar-refractivity contribution is 5.92. The van der Waals surface area contributed by atoms with Crippen LogP contribution in [0.2, 0.25) is 0 Å². The van der Waals surface area contributed by atoms with Gasteiger partial charge >= 0.3 is 0 Å². The lowest BCUT2D eigenvalue weighted by molar-refractivity contribution is 0.0740. The Morgan fingerprint density at radius 1 is 1.19 bits per heavy atom. The van der Waals surface area contributed by atoms with E-state index < -0.39 is 0 Å². The fourth-order valence-corrected chi connectivity index (χ4v) is 3.07. The minimum Gasteiger partial charge on any atom is -0.366 e. The van der Waals surface area contributed by atoms with Crippen LogP contribution >= 0.6 is 0 Å². The van der Waals surface area contributed by atoms with Crippen LogP contribution in [0, 0.1) is 18.7 Å². The number of nitrogens with zero attached hydrogens (tertiary/aromatic N) is 4. The van der Waals surface area contributed by atoms with Gasteiger partial charge in [0.1, 0.15) is 11.5 Å². The molecular formula is C20H26FN5O. The van der Waals surface area contributed by atoms with Gasteiger partial charge in [-0.25, -0.2) is 14.4 Å². The Hall–Kier alpha value is -2.70. The van der Waals surface area contributed by atoms with Gasteiger partial charge in [0.15, 0.2) is 0 Å². The van der Waals surface area contributed by atoms with Crippen molar-refractivity contribution in [2.75, 3.05) is 42.9 Å². The Morgan fingerprint density at radius 2 is 1.89 bits per heavy atom. The molecule has 1 fully saturated rings. The molecule has 0 atom stereocenters. The van der Waals surface area contributed by atoms with E-state index in [0.29, 0.717) is 49.4 Å². The predicted molar refractivity (Wildman–Crippen MR) is 105 cm³/mol. The molecule has 1 aromatic carbocycles. The van der Waals surface area contributed by atoms with Crippen molar-refractivity contribution in [2.45, 2.75) is 20.8 Å². The van der Waals surface area contributed by atoms with E-state index >= 15 is 0 Å². The van der Waals surface area contributed by atoms with Crippen LogP contribution < -0.4 is 10.2 Å².